The molecular weight excluding hydrogens is 394 g/mol. The number of nitrogens with one attached hydrogen (secondary N) is 2. The van der Waals surface area contributed by atoms with E-state index in [2.05, 4.69) is 15.0 Å². The standard InChI is InChI=1S/C20H23N3O3S2/c1-12-6-7-13(2)17-16(12)21-19(27-17)22-18(24)14-8-10-15(11-9-14)28(25,26)23-20(3,4)5/h6-11,23H,1-5H3,(H,21,22,24). The van der Waals surface area contributed by atoms with Gasteiger partial charge in [-0.15, -0.1) is 0 Å². The second kappa shape index (κ2) is 7.27. The molecule has 3 aromatic rings. The molecule has 0 aliphatic carbocycles. The molecule has 0 aliphatic heterocycles. The Kier molecular flexibility index (Phi) is 5.31. The summed E-state index contributed by atoms with van der Waals surface area (Å²) < 4.78 is 28.4. The Morgan fingerprint density at radius 1 is 1.00 bits per heavy atom. The summed E-state index contributed by atoms with van der Waals surface area (Å²) in [6.45, 7) is 9.31. The summed E-state index contributed by atoms with van der Waals surface area (Å²) >= 11 is 1.43. The topological polar surface area (TPSA) is 88.2 Å². The molecule has 0 saturated carbocycles. The van der Waals surface area contributed by atoms with Crippen LogP contribution < -0.4 is 10.0 Å². The zero-order valence-electron chi connectivity index (χ0n) is 16.5. The van der Waals surface area contributed by atoms with Crippen molar-refractivity contribution >= 4 is 42.6 Å². The van der Waals surface area contributed by atoms with Crippen LogP contribution in [-0.2, 0) is 10.0 Å². The summed E-state index contributed by atoms with van der Waals surface area (Å²) in [6.07, 6.45) is 0. The predicted octanol–water partition coefficient (Wildman–Crippen LogP) is 4.24. The molecule has 8 heteroatoms. The fourth-order valence-corrected chi connectivity index (χ4v) is 5.15. The van der Waals surface area contributed by atoms with Gasteiger partial charge in [0, 0.05) is 11.1 Å². The molecule has 0 saturated heterocycles. The van der Waals surface area contributed by atoms with Crippen LogP contribution in [0.1, 0.15) is 42.3 Å². The van der Waals surface area contributed by atoms with Crippen LogP contribution in [0.4, 0.5) is 5.13 Å². The predicted molar refractivity (Wildman–Crippen MR) is 114 cm³/mol. The Morgan fingerprint density at radius 3 is 2.18 bits per heavy atom. The molecule has 0 spiro atoms. The second-order valence-electron chi connectivity index (χ2n) is 7.73. The highest BCUT2D eigenvalue weighted by atomic mass is 32.2. The fourth-order valence-electron chi connectivity index (χ4n) is 2.73. The molecule has 0 fully saturated rings. The number of fused-ring (bicyclic) bond motifs is 1. The van der Waals surface area contributed by atoms with Crippen molar-refractivity contribution in [2.45, 2.75) is 45.1 Å². The molecule has 0 atom stereocenters. The lowest BCUT2D eigenvalue weighted by Crippen LogP contribution is -2.40. The summed E-state index contributed by atoms with van der Waals surface area (Å²) in [5.41, 5.74) is 2.83. The monoisotopic (exact) mass is 417 g/mol. The van der Waals surface area contributed by atoms with Gasteiger partial charge in [0.15, 0.2) is 5.13 Å². The molecule has 1 amide bonds. The van der Waals surface area contributed by atoms with Gasteiger partial charge in [-0.05, 0) is 70.0 Å². The minimum atomic E-state index is -3.64. The Bertz CT molecular complexity index is 1100. The number of sulfonamides is 1. The molecule has 2 aromatic carbocycles. The number of aromatic nitrogens is 1. The van der Waals surface area contributed by atoms with Gasteiger partial charge in [-0.1, -0.05) is 23.5 Å². The minimum Gasteiger partial charge on any atom is -0.298 e. The fraction of sp³-hybridized carbons (Fsp3) is 0.300. The number of carbonyl (C=O) groups is 1. The van der Waals surface area contributed by atoms with E-state index in [1.54, 1.807) is 20.8 Å². The third-order valence-corrected chi connectivity index (χ3v) is 6.91. The maximum absolute atomic E-state index is 12.5. The highest BCUT2D eigenvalue weighted by molar-refractivity contribution is 7.89. The lowest BCUT2D eigenvalue weighted by molar-refractivity contribution is 0.102. The quantitative estimate of drug-likeness (QED) is 0.664. The van der Waals surface area contributed by atoms with Gasteiger partial charge in [0.2, 0.25) is 10.0 Å². The molecule has 3 rings (SSSR count). The molecule has 2 N–H and O–H groups in total. The Balaban J connectivity index is 1.80. The SMILES string of the molecule is Cc1ccc(C)c2sc(NC(=O)c3ccc(S(=O)(=O)NC(C)(C)C)cc3)nc12. The van der Waals surface area contributed by atoms with E-state index in [0.717, 1.165) is 21.3 Å². The van der Waals surface area contributed by atoms with Crippen LogP contribution in [0.5, 0.6) is 0 Å². The first-order valence-electron chi connectivity index (χ1n) is 8.78. The molecule has 6 nitrogen and oxygen atoms in total. The van der Waals surface area contributed by atoms with Crippen molar-refractivity contribution in [2.75, 3.05) is 5.32 Å². The molecule has 0 radical (unpaired) electrons. The number of carbonyl (C=O) groups excluding carboxylic acids is 1. The smallest absolute Gasteiger partial charge is 0.257 e. The van der Waals surface area contributed by atoms with Gasteiger partial charge in [-0.3, -0.25) is 10.1 Å². The van der Waals surface area contributed by atoms with Crippen molar-refractivity contribution in [1.29, 1.82) is 0 Å². The first-order valence-corrected chi connectivity index (χ1v) is 11.1. The average Bonchev–Trinajstić information content (AvgIpc) is 3.01. The van der Waals surface area contributed by atoms with Gasteiger partial charge in [0.1, 0.15) is 0 Å². The van der Waals surface area contributed by atoms with Gasteiger partial charge >= 0.3 is 0 Å². The summed E-state index contributed by atoms with van der Waals surface area (Å²) in [7, 11) is -3.64. The van der Waals surface area contributed by atoms with E-state index in [0.29, 0.717) is 10.7 Å². The van der Waals surface area contributed by atoms with E-state index in [1.165, 1.54) is 35.6 Å². The number of benzene rings is 2. The summed E-state index contributed by atoms with van der Waals surface area (Å²) in [4.78, 5) is 17.2. The minimum absolute atomic E-state index is 0.116. The highest BCUT2D eigenvalue weighted by Gasteiger charge is 2.22. The maximum atomic E-state index is 12.5. The van der Waals surface area contributed by atoms with Gasteiger partial charge < -0.3 is 0 Å². The van der Waals surface area contributed by atoms with E-state index in [9.17, 15) is 13.2 Å². The van der Waals surface area contributed by atoms with Crippen LogP contribution in [0, 0.1) is 13.8 Å². The number of amides is 1. The molecule has 0 unspecified atom stereocenters. The Hall–Kier alpha value is -2.29. The zero-order valence-corrected chi connectivity index (χ0v) is 18.1. The van der Waals surface area contributed by atoms with Gasteiger partial charge in [0.25, 0.3) is 5.91 Å². The van der Waals surface area contributed by atoms with E-state index in [-0.39, 0.29) is 10.8 Å². The lowest BCUT2D eigenvalue weighted by Gasteiger charge is -2.20. The summed E-state index contributed by atoms with van der Waals surface area (Å²) in [6, 6.07) is 9.89. The van der Waals surface area contributed by atoms with Crippen molar-refractivity contribution < 1.29 is 13.2 Å². The highest BCUT2D eigenvalue weighted by Crippen LogP contribution is 2.31. The van der Waals surface area contributed by atoms with Crippen LogP contribution in [0.3, 0.4) is 0 Å². The van der Waals surface area contributed by atoms with Gasteiger partial charge in [0.05, 0.1) is 15.1 Å². The third-order valence-electron chi connectivity index (χ3n) is 4.03. The number of nitrogens with zero attached hydrogens (tertiary/aromatic N) is 1. The van der Waals surface area contributed by atoms with Crippen LogP contribution in [-0.4, -0.2) is 24.8 Å². The summed E-state index contributed by atoms with van der Waals surface area (Å²) in [5, 5.41) is 3.32. The number of thiazole rings is 1. The molecule has 1 aromatic heterocycles. The number of hydrogen-bond donors (Lipinski definition) is 2. The van der Waals surface area contributed by atoms with E-state index < -0.39 is 15.6 Å². The molecule has 148 valence electrons. The van der Waals surface area contributed by atoms with Gasteiger partial charge in [-0.2, -0.15) is 0 Å². The molecule has 0 aliphatic rings. The van der Waals surface area contributed by atoms with Gasteiger partial charge in [-0.25, -0.2) is 18.1 Å². The van der Waals surface area contributed by atoms with Crippen LogP contribution in [0.2, 0.25) is 0 Å². The first-order chi connectivity index (χ1) is 13.0. The van der Waals surface area contributed by atoms with Crippen molar-refractivity contribution in [3.63, 3.8) is 0 Å². The van der Waals surface area contributed by atoms with E-state index in [4.69, 9.17) is 0 Å². The number of anilines is 1. The second-order valence-corrected chi connectivity index (χ2v) is 10.4. The van der Waals surface area contributed by atoms with Crippen LogP contribution in [0.25, 0.3) is 10.2 Å². The number of hydrogen-bond acceptors (Lipinski definition) is 5. The van der Waals surface area contributed by atoms with Crippen LogP contribution in [0.15, 0.2) is 41.3 Å². The largest absolute Gasteiger partial charge is 0.298 e. The van der Waals surface area contributed by atoms with Crippen molar-refractivity contribution in [3.8, 4) is 0 Å². The molecule has 0 bridgehead atoms. The Labute approximate surface area is 169 Å². The number of rotatable bonds is 4. The van der Waals surface area contributed by atoms with Crippen molar-refractivity contribution in [3.05, 3.63) is 53.1 Å². The van der Waals surface area contributed by atoms with Crippen molar-refractivity contribution in [2.24, 2.45) is 0 Å². The zero-order chi connectivity index (χ0) is 20.7. The van der Waals surface area contributed by atoms with Crippen LogP contribution >= 0.6 is 11.3 Å². The third kappa shape index (κ3) is 4.40. The average molecular weight is 418 g/mol. The lowest BCUT2D eigenvalue weighted by atomic mass is 10.1. The maximum Gasteiger partial charge on any atom is 0.257 e. The molecular formula is C20H23N3O3S2. The normalized spacial score (nSPS) is 12.3. The van der Waals surface area contributed by atoms with Crippen molar-refractivity contribution in [1.82, 2.24) is 9.71 Å². The molecule has 1 heterocycles. The van der Waals surface area contributed by atoms with E-state index in [1.807, 2.05) is 26.0 Å². The summed E-state index contributed by atoms with van der Waals surface area (Å²) in [5.74, 6) is -0.331. The van der Waals surface area contributed by atoms with E-state index >= 15 is 0 Å². The Morgan fingerprint density at radius 2 is 1.61 bits per heavy atom. The number of aryl methyl sites for hydroxylation is 2. The first kappa shape index (κ1) is 20.4. The molecule has 28 heavy (non-hydrogen) atoms.